The molecule has 0 unspecified atom stereocenters. The summed E-state index contributed by atoms with van der Waals surface area (Å²) in [6.07, 6.45) is 1.78. The average Bonchev–Trinajstić information content (AvgIpc) is 3.23. The number of nitrogens with one attached hydrogen (secondary N) is 2. The Hall–Kier alpha value is -2.28. The molecule has 4 nitrogen and oxygen atoms in total. The molecule has 7 heteroatoms. The molecule has 2 aromatic rings. The average molecular weight is 322 g/mol. The maximum atomic E-state index is 13.5. The normalized spacial score (nSPS) is 13.7. The summed E-state index contributed by atoms with van der Waals surface area (Å²) < 4.78 is 26.5. The van der Waals surface area contributed by atoms with E-state index in [1.54, 1.807) is 6.07 Å². The van der Waals surface area contributed by atoms with Gasteiger partial charge in [0.25, 0.3) is 5.91 Å². The second-order valence-corrected chi connectivity index (χ2v) is 6.09. The number of carbonyl (C=O) groups excluding carboxylic acids is 2. The van der Waals surface area contributed by atoms with E-state index in [1.807, 2.05) is 0 Å². The van der Waals surface area contributed by atoms with Crippen molar-refractivity contribution in [3.63, 3.8) is 0 Å². The molecule has 3 rings (SSSR count). The summed E-state index contributed by atoms with van der Waals surface area (Å²) in [5, 5.41) is 5.60. The third kappa shape index (κ3) is 3.30. The standard InChI is InChI=1S/C15H12F2N2O2S/c16-9-3-4-10(17)11(7-9)18-15(21)12-5-6-13(22-12)19-14(20)8-1-2-8/h3-8H,1-2H2,(H,18,21)(H,19,20). The highest BCUT2D eigenvalue weighted by atomic mass is 32.1. The van der Waals surface area contributed by atoms with Crippen LogP contribution in [0.1, 0.15) is 22.5 Å². The van der Waals surface area contributed by atoms with Crippen molar-refractivity contribution in [3.05, 3.63) is 46.8 Å². The molecule has 2 amide bonds. The molecule has 0 spiro atoms. The number of anilines is 2. The second-order valence-electron chi connectivity index (χ2n) is 5.01. The Morgan fingerprint density at radius 1 is 1.09 bits per heavy atom. The first-order chi connectivity index (χ1) is 10.5. The van der Waals surface area contributed by atoms with Crippen LogP contribution in [-0.2, 0) is 4.79 Å². The summed E-state index contributed by atoms with van der Waals surface area (Å²) in [4.78, 5) is 24.0. The van der Waals surface area contributed by atoms with E-state index in [1.165, 1.54) is 6.07 Å². The lowest BCUT2D eigenvalue weighted by molar-refractivity contribution is -0.117. The van der Waals surface area contributed by atoms with Crippen LogP contribution in [0.2, 0.25) is 0 Å². The first-order valence-electron chi connectivity index (χ1n) is 6.70. The van der Waals surface area contributed by atoms with Crippen molar-refractivity contribution in [3.8, 4) is 0 Å². The first-order valence-corrected chi connectivity index (χ1v) is 7.51. The number of benzene rings is 1. The molecule has 0 bridgehead atoms. The smallest absolute Gasteiger partial charge is 0.265 e. The van der Waals surface area contributed by atoms with E-state index in [-0.39, 0.29) is 17.5 Å². The number of hydrogen-bond donors (Lipinski definition) is 2. The minimum Gasteiger partial charge on any atom is -0.319 e. The molecule has 1 saturated carbocycles. The van der Waals surface area contributed by atoms with Crippen molar-refractivity contribution in [1.82, 2.24) is 0 Å². The Bertz CT molecular complexity index is 741. The summed E-state index contributed by atoms with van der Waals surface area (Å²) in [6.45, 7) is 0. The van der Waals surface area contributed by atoms with Gasteiger partial charge >= 0.3 is 0 Å². The Labute approximate surface area is 129 Å². The zero-order chi connectivity index (χ0) is 15.7. The summed E-state index contributed by atoms with van der Waals surface area (Å²) in [5.41, 5.74) is -0.220. The lowest BCUT2D eigenvalue weighted by Gasteiger charge is -2.05. The van der Waals surface area contributed by atoms with Crippen molar-refractivity contribution in [2.45, 2.75) is 12.8 Å². The Morgan fingerprint density at radius 2 is 1.86 bits per heavy atom. The monoisotopic (exact) mass is 322 g/mol. The third-order valence-electron chi connectivity index (χ3n) is 3.20. The maximum Gasteiger partial charge on any atom is 0.265 e. The van der Waals surface area contributed by atoms with E-state index in [0.717, 1.165) is 42.4 Å². The van der Waals surface area contributed by atoms with Gasteiger partial charge in [0, 0.05) is 12.0 Å². The minimum atomic E-state index is -0.714. The second kappa shape index (κ2) is 5.84. The maximum absolute atomic E-state index is 13.5. The van der Waals surface area contributed by atoms with Gasteiger partial charge in [-0.2, -0.15) is 0 Å². The molecule has 0 aliphatic heterocycles. The molecule has 114 valence electrons. The van der Waals surface area contributed by atoms with Gasteiger partial charge in [-0.25, -0.2) is 8.78 Å². The minimum absolute atomic E-state index is 0.0509. The summed E-state index contributed by atoms with van der Waals surface area (Å²) in [7, 11) is 0. The molecule has 1 aliphatic carbocycles. The van der Waals surface area contributed by atoms with Gasteiger partial charge in [-0.05, 0) is 37.1 Å². The third-order valence-corrected chi connectivity index (χ3v) is 4.20. The van der Waals surface area contributed by atoms with Crippen molar-refractivity contribution < 1.29 is 18.4 Å². The molecule has 0 radical (unpaired) electrons. The zero-order valence-electron chi connectivity index (χ0n) is 11.4. The molecule has 1 aromatic heterocycles. The molecule has 1 fully saturated rings. The first kappa shape index (κ1) is 14.6. The van der Waals surface area contributed by atoms with Crippen LogP contribution >= 0.6 is 11.3 Å². The predicted molar refractivity (Wildman–Crippen MR) is 80.0 cm³/mol. The van der Waals surface area contributed by atoms with Crippen LogP contribution in [0, 0.1) is 17.6 Å². The number of halogens is 2. The van der Waals surface area contributed by atoms with E-state index in [9.17, 15) is 18.4 Å². The van der Waals surface area contributed by atoms with Crippen LogP contribution in [0.25, 0.3) is 0 Å². The highest BCUT2D eigenvalue weighted by Crippen LogP contribution is 2.31. The molecule has 1 heterocycles. The predicted octanol–water partition coefficient (Wildman–Crippen LogP) is 3.63. The van der Waals surface area contributed by atoms with Gasteiger partial charge in [-0.3, -0.25) is 9.59 Å². The summed E-state index contributed by atoms with van der Waals surface area (Å²) in [5.74, 6) is -1.89. The topological polar surface area (TPSA) is 58.2 Å². The van der Waals surface area contributed by atoms with E-state index >= 15 is 0 Å². The summed E-state index contributed by atoms with van der Waals surface area (Å²) in [6, 6.07) is 5.97. The van der Waals surface area contributed by atoms with E-state index in [0.29, 0.717) is 9.88 Å². The van der Waals surface area contributed by atoms with Crippen molar-refractivity contribution in [1.29, 1.82) is 0 Å². The largest absolute Gasteiger partial charge is 0.319 e. The molecule has 0 saturated heterocycles. The van der Waals surface area contributed by atoms with Crippen LogP contribution in [0.15, 0.2) is 30.3 Å². The van der Waals surface area contributed by atoms with Crippen molar-refractivity contribution in [2.24, 2.45) is 5.92 Å². The van der Waals surface area contributed by atoms with Gasteiger partial charge in [-0.1, -0.05) is 0 Å². The van der Waals surface area contributed by atoms with Gasteiger partial charge in [0.15, 0.2) is 0 Å². The molecular formula is C15H12F2N2O2S. The van der Waals surface area contributed by atoms with Gasteiger partial charge in [0.05, 0.1) is 15.6 Å². The molecular weight excluding hydrogens is 310 g/mol. The van der Waals surface area contributed by atoms with Crippen molar-refractivity contribution in [2.75, 3.05) is 10.6 Å². The highest BCUT2D eigenvalue weighted by Gasteiger charge is 2.29. The van der Waals surface area contributed by atoms with E-state index in [4.69, 9.17) is 0 Å². The zero-order valence-corrected chi connectivity index (χ0v) is 12.2. The fraction of sp³-hybridized carbons (Fsp3) is 0.200. The molecule has 0 atom stereocenters. The summed E-state index contributed by atoms with van der Waals surface area (Å²) >= 11 is 1.08. The number of hydrogen-bond acceptors (Lipinski definition) is 3. The number of carbonyl (C=O) groups is 2. The van der Waals surface area contributed by atoms with Crippen LogP contribution in [-0.4, -0.2) is 11.8 Å². The Morgan fingerprint density at radius 3 is 2.59 bits per heavy atom. The molecule has 2 N–H and O–H groups in total. The van der Waals surface area contributed by atoms with Gasteiger partial charge < -0.3 is 10.6 Å². The molecule has 1 aromatic carbocycles. The van der Waals surface area contributed by atoms with Crippen LogP contribution in [0.5, 0.6) is 0 Å². The number of amides is 2. The van der Waals surface area contributed by atoms with E-state index < -0.39 is 17.5 Å². The van der Waals surface area contributed by atoms with Crippen LogP contribution in [0.4, 0.5) is 19.5 Å². The molecule has 22 heavy (non-hydrogen) atoms. The van der Waals surface area contributed by atoms with Crippen molar-refractivity contribution >= 4 is 33.8 Å². The van der Waals surface area contributed by atoms with Gasteiger partial charge in [0.1, 0.15) is 11.6 Å². The molecule has 1 aliphatic rings. The quantitative estimate of drug-likeness (QED) is 0.903. The lowest BCUT2D eigenvalue weighted by Crippen LogP contribution is -2.12. The lowest BCUT2D eigenvalue weighted by atomic mass is 10.3. The SMILES string of the molecule is O=C(Nc1cc(F)ccc1F)c1ccc(NC(=O)C2CC2)s1. The Kier molecular flexibility index (Phi) is 3.89. The van der Waals surface area contributed by atoms with Gasteiger partial charge in [0.2, 0.25) is 5.91 Å². The van der Waals surface area contributed by atoms with Crippen LogP contribution < -0.4 is 10.6 Å². The van der Waals surface area contributed by atoms with E-state index in [2.05, 4.69) is 10.6 Å². The fourth-order valence-corrected chi connectivity index (χ4v) is 2.68. The number of thiophene rings is 1. The fourth-order valence-electron chi connectivity index (χ4n) is 1.87. The van der Waals surface area contributed by atoms with Gasteiger partial charge in [-0.15, -0.1) is 11.3 Å². The Balaban J connectivity index is 1.68. The highest BCUT2D eigenvalue weighted by molar-refractivity contribution is 7.18. The number of rotatable bonds is 4. The van der Waals surface area contributed by atoms with Crippen LogP contribution in [0.3, 0.4) is 0 Å².